The highest BCUT2D eigenvalue weighted by Crippen LogP contribution is 2.39. The quantitative estimate of drug-likeness (QED) is 0.503. The standard InChI is InChI=1S/C18H27NO4Si/c1-12(23-24(5,6)18(2,3)4)14-15(20)19-16(14)22-17(21)13-10-8-7-9-11-13/h7-12,14,16H,1-6H3,(H,19,20)/t12-,14?,16?/m1/s1. The van der Waals surface area contributed by atoms with E-state index in [1.54, 1.807) is 24.3 Å². The molecule has 1 aromatic carbocycles. The average molecular weight is 350 g/mol. The predicted octanol–water partition coefficient (Wildman–Crippen LogP) is 3.33. The number of hydrogen-bond acceptors (Lipinski definition) is 4. The van der Waals surface area contributed by atoms with Gasteiger partial charge in [-0.05, 0) is 37.2 Å². The first-order valence-electron chi connectivity index (χ1n) is 8.27. The maximum absolute atomic E-state index is 12.2. The first-order chi connectivity index (χ1) is 11.0. The number of benzene rings is 1. The lowest BCUT2D eigenvalue weighted by atomic mass is 9.93. The first kappa shape index (κ1) is 18.7. The third kappa shape index (κ3) is 3.87. The van der Waals surface area contributed by atoms with Crippen LogP contribution < -0.4 is 5.32 Å². The van der Waals surface area contributed by atoms with E-state index in [1.165, 1.54) is 0 Å². The highest BCUT2D eigenvalue weighted by atomic mass is 28.4. The van der Waals surface area contributed by atoms with Gasteiger partial charge < -0.3 is 14.5 Å². The summed E-state index contributed by atoms with van der Waals surface area (Å²) in [4.78, 5) is 24.1. The number of rotatable bonds is 5. The smallest absolute Gasteiger partial charge is 0.340 e. The van der Waals surface area contributed by atoms with Gasteiger partial charge >= 0.3 is 5.97 Å². The molecule has 2 unspecified atom stereocenters. The van der Waals surface area contributed by atoms with E-state index in [0.29, 0.717) is 5.56 Å². The van der Waals surface area contributed by atoms with Gasteiger partial charge in [0.1, 0.15) is 5.92 Å². The van der Waals surface area contributed by atoms with Crippen LogP contribution in [0.3, 0.4) is 0 Å². The SMILES string of the molecule is C[C@@H](O[Si](C)(C)C(C)(C)C)C1C(=O)NC1OC(=O)c1ccccc1. The summed E-state index contributed by atoms with van der Waals surface area (Å²) >= 11 is 0. The van der Waals surface area contributed by atoms with Crippen LogP contribution >= 0.6 is 0 Å². The van der Waals surface area contributed by atoms with Crippen molar-refractivity contribution in [3.63, 3.8) is 0 Å². The van der Waals surface area contributed by atoms with Gasteiger partial charge in [-0.1, -0.05) is 39.0 Å². The molecule has 3 atom stereocenters. The van der Waals surface area contributed by atoms with Gasteiger partial charge in [-0.15, -0.1) is 0 Å². The summed E-state index contributed by atoms with van der Waals surface area (Å²) in [7, 11) is -2.00. The summed E-state index contributed by atoms with van der Waals surface area (Å²) in [6.45, 7) is 12.6. The lowest BCUT2D eigenvalue weighted by Crippen LogP contribution is -2.65. The zero-order valence-electron chi connectivity index (χ0n) is 15.3. The van der Waals surface area contributed by atoms with Gasteiger partial charge in [-0.2, -0.15) is 0 Å². The van der Waals surface area contributed by atoms with Crippen molar-refractivity contribution in [1.29, 1.82) is 0 Å². The van der Waals surface area contributed by atoms with Gasteiger partial charge in [0.2, 0.25) is 5.91 Å². The molecule has 24 heavy (non-hydrogen) atoms. The van der Waals surface area contributed by atoms with E-state index in [1.807, 2.05) is 13.0 Å². The van der Waals surface area contributed by atoms with Crippen molar-refractivity contribution in [2.24, 2.45) is 5.92 Å². The van der Waals surface area contributed by atoms with Crippen molar-refractivity contribution in [1.82, 2.24) is 5.32 Å². The van der Waals surface area contributed by atoms with Crippen LogP contribution in [-0.4, -0.2) is 32.5 Å². The van der Waals surface area contributed by atoms with E-state index < -0.39 is 26.4 Å². The number of esters is 1. The Morgan fingerprint density at radius 2 is 1.79 bits per heavy atom. The molecule has 0 radical (unpaired) electrons. The molecule has 0 saturated carbocycles. The second kappa shape index (κ2) is 6.68. The molecule has 132 valence electrons. The van der Waals surface area contributed by atoms with Gasteiger partial charge in [0, 0.05) is 0 Å². The Labute approximate surface area is 144 Å². The van der Waals surface area contributed by atoms with E-state index in [4.69, 9.17) is 9.16 Å². The Balaban J connectivity index is 2.02. The van der Waals surface area contributed by atoms with Crippen LogP contribution in [0.15, 0.2) is 30.3 Å². The van der Waals surface area contributed by atoms with Gasteiger partial charge in [0.15, 0.2) is 14.5 Å². The van der Waals surface area contributed by atoms with E-state index >= 15 is 0 Å². The average Bonchev–Trinajstić information content (AvgIpc) is 2.45. The highest BCUT2D eigenvalue weighted by Gasteiger charge is 2.49. The molecular weight excluding hydrogens is 322 g/mol. The predicted molar refractivity (Wildman–Crippen MR) is 95.0 cm³/mol. The summed E-state index contributed by atoms with van der Waals surface area (Å²) in [5, 5.41) is 2.71. The second-order valence-electron chi connectivity index (χ2n) is 7.81. The fourth-order valence-electron chi connectivity index (χ4n) is 2.40. The molecule has 0 aromatic heterocycles. The second-order valence-corrected chi connectivity index (χ2v) is 12.6. The topological polar surface area (TPSA) is 64.6 Å². The van der Waals surface area contributed by atoms with E-state index in [-0.39, 0.29) is 17.0 Å². The molecule has 1 aliphatic heterocycles. The van der Waals surface area contributed by atoms with Crippen molar-refractivity contribution in [3.8, 4) is 0 Å². The van der Waals surface area contributed by atoms with Crippen LogP contribution in [0.4, 0.5) is 0 Å². The third-order valence-corrected chi connectivity index (χ3v) is 9.52. The van der Waals surface area contributed by atoms with Gasteiger partial charge in [0.05, 0.1) is 11.7 Å². The van der Waals surface area contributed by atoms with Crippen molar-refractivity contribution in [3.05, 3.63) is 35.9 Å². The minimum Gasteiger partial charge on any atom is -0.437 e. The van der Waals surface area contributed by atoms with Gasteiger partial charge in [-0.25, -0.2) is 4.79 Å². The highest BCUT2D eigenvalue weighted by molar-refractivity contribution is 6.74. The van der Waals surface area contributed by atoms with Crippen LogP contribution in [-0.2, 0) is 14.0 Å². The van der Waals surface area contributed by atoms with Crippen LogP contribution in [0.5, 0.6) is 0 Å². The maximum Gasteiger partial charge on any atom is 0.340 e. The number of amides is 1. The molecular formula is C18H27NO4Si. The molecule has 1 fully saturated rings. The van der Waals surface area contributed by atoms with Crippen LogP contribution in [0.1, 0.15) is 38.1 Å². The van der Waals surface area contributed by atoms with Crippen LogP contribution in [0.2, 0.25) is 18.1 Å². The van der Waals surface area contributed by atoms with Crippen molar-refractivity contribution < 1.29 is 18.8 Å². The molecule has 2 rings (SSSR count). The Kier molecular flexibility index (Phi) is 5.20. The van der Waals surface area contributed by atoms with Crippen molar-refractivity contribution >= 4 is 20.2 Å². The molecule has 1 amide bonds. The summed E-state index contributed by atoms with van der Waals surface area (Å²) in [6, 6.07) is 8.76. The Morgan fingerprint density at radius 1 is 1.21 bits per heavy atom. The number of β-lactam (4-membered cyclic amide) rings is 1. The fraction of sp³-hybridized carbons (Fsp3) is 0.556. The number of hydrogen-bond donors (Lipinski definition) is 1. The molecule has 0 bridgehead atoms. The number of carbonyl (C=O) groups excluding carboxylic acids is 2. The zero-order valence-corrected chi connectivity index (χ0v) is 16.3. The number of ether oxygens (including phenoxy) is 1. The minimum absolute atomic E-state index is 0.0533. The van der Waals surface area contributed by atoms with E-state index in [9.17, 15) is 9.59 Å². The Morgan fingerprint density at radius 3 is 2.29 bits per heavy atom. The molecule has 5 nitrogen and oxygen atoms in total. The molecule has 1 aromatic rings. The molecule has 1 saturated heterocycles. The third-order valence-electron chi connectivity index (χ3n) is 4.95. The van der Waals surface area contributed by atoms with Crippen molar-refractivity contribution in [2.45, 2.75) is 58.2 Å². The molecule has 0 spiro atoms. The zero-order chi connectivity index (χ0) is 18.1. The Bertz CT molecular complexity index is 609. The minimum atomic E-state index is -2.00. The van der Waals surface area contributed by atoms with E-state index in [2.05, 4.69) is 39.2 Å². The first-order valence-corrected chi connectivity index (χ1v) is 11.2. The molecule has 0 aliphatic carbocycles. The maximum atomic E-state index is 12.2. The van der Waals surface area contributed by atoms with Crippen LogP contribution in [0.25, 0.3) is 0 Å². The molecule has 1 aliphatic rings. The normalized spacial score (nSPS) is 22.3. The summed E-state index contributed by atoms with van der Waals surface area (Å²) in [5.41, 5.74) is 0.468. The van der Waals surface area contributed by atoms with Gasteiger partial charge in [-0.3, -0.25) is 4.79 Å². The van der Waals surface area contributed by atoms with Crippen LogP contribution in [0, 0.1) is 5.92 Å². The largest absolute Gasteiger partial charge is 0.437 e. The monoisotopic (exact) mass is 349 g/mol. The molecule has 1 heterocycles. The molecule has 6 heteroatoms. The summed E-state index contributed by atoms with van der Waals surface area (Å²) in [5.74, 6) is -1.04. The van der Waals surface area contributed by atoms with E-state index in [0.717, 1.165) is 0 Å². The number of nitrogens with one attached hydrogen (secondary N) is 1. The van der Waals surface area contributed by atoms with Crippen molar-refractivity contribution in [2.75, 3.05) is 0 Å². The molecule has 1 N–H and O–H groups in total. The van der Waals surface area contributed by atoms with Gasteiger partial charge in [0.25, 0.3) is 0 Å². The lowest BCUT2D eigenvalue weighted by Gasteiger charge is -2.44. The number of carbonyl (C=O) groups is 2. The Hall–Kier alpha value is -1.66. The summed E-state index contributed by atoms with van der Waals surface area (Å²) in [6.07, 6.45) is -0.932. The summed E-state index contributed by atoms with van der Waals surface area (Å²) < 4.78 is 11.7. The lowest BCUT2D eigenvalue weighted by molar-refractivity contribution is -0.154. The fourth-order valence-corrected chi connectivity index (χ4v) is 3.83.